The van der Waals surface area contributed by atoms with Crippen molar-refractivity contribution in [2.75, 3.05) is 0 Å². The smallest absolute Gasteiger partial charge is 0.240 e. The van der Waals surface area contributed by atoms with Crippen LogP contribution in [0.4, 0.5) is 8.78 Å². The molecule has 1 aromatic heterocycles. The van der Waals surface area contributed by atoms with Crippen molar-refractivity contribution in [3.05, 3.63) is 59.1 Å². The molecule has 0 saturated carbocycles. The highest BCUT2D eigenvalue weighted by Gasteiger charge is 2.22. The summed E-state index contributed by atoms with van der Waals surface area (Å²) < 4.78 is 55.4. The Hall–Kier alpha value is -3.09. The number of nitrogens with zero attached hydrogens (tertiary/aromatic N) is 2. The highest BCUT2D eigenvalue weighted by Crippen LogP contribution is 2.36. The molecule has 0 unspecified atom stereocenters. The summed E-state index contributed by atoms with van der Waals surface area (Å²) in [4.78, 5) is -0.673. The zero-order valence-electron chi connectivity index (χ0n) is 14.0. The van der Waals surface area contributed by atoms with Crippen LogP contribution in [0, 0.1) is 24.1 Å². The summed E-state index contributed by atoms with van der Waals surface area (Å²) in [5, 5.41) is 18.0. The molecular formula is C18H13F2N3O3S. The predicted octanol–water partition coefficient (Wildman–Crippen LogP) is 3.44. The quantitative estimate of drug-likeness (QED) is 0.735. The van der Waals surface area contributed by atoms with E-state index < -0.39 is 27.4 Å². The van der Waals surface area contributed by atoms with Gasteiger partial charge in [-0.05, 0) is 36.2 Å². The number of nitrogens with two attached hydrogens (primary N) is 1. The van der Waals surface area contributed by atoms with Crippen molar-refractivity contribution >= 4 is 10.0 Å². The molecule has 0 bridgehead atoms. The highest BCUT2D eigenvalue weighted by atomic mass is 32.2. The van der Waals surface area contributed by atoms with Gasteiger partial charge in [0.1, 0.15) is 16.4 Å². The van der Waals surface area contributed by atoms with E-state index in [1.54, 1.807) is 25.1 Å². The average Bonchev–Trinajstić information content (AvgIpc) is 3.05. The van der Waals surface area contributed by atoms with Crippen LogP contribution in [-0.2, 0) is 16.7 Å². The first-order valence-corrected chi connectivity index (χ1v) is 9.19. The van der Waals surface area contributed by atoms with Gasteiger partial charge in [0.2, 0.25) is 10.0 Å². The van der Waals surface area contributed by atoms with Crippen molar-refractivity contribution in [2.45, 2.75) is 18.5 Å². The Morgan fingerprint density at radius 2 is 1.93 bits per heavy atom. The Balaban J connectivity index is 2.22. The second-order valence-electron chi connectivity index (χ2n) is 5.79. The van der Waals surface area contributed by atoms with Gasteiger partial charge >= 0.3 is 0 Å². The molecule has 0 aliphatic heterocycles. The van der Waals surface area contributed by atoms with Gasteiger partial charge in [0.25, 0.3) is 0 Å². The van der Waals surface area contributed by atoms with Crippen molar-refractivity contribution in [2.24, 2.45) is 5.14 Å². The lowest BCUT2D eigenvalue weighted by Crippen LogP contribution is -2.14. The lowest BCUT2D eigenvalue weighted by Gasteiger charge is -2.07. The molecule has 6 nitrogen and oxygen atoms in total. The summed E-state index contributed by atoms with van der Waals surface area (Å²) in [6.07, 6.45) is 0. The number of benzene rings is 2. The molecule has 0 saturated heterocycles. The van der Waals surface area contributed by atoms with E-state index in [1.807, 2.05) is 6.07 Å². The van der Waals surface area contributed by atoms with Crippen LogP contribution in [0.3, 0.4) is 0 Å². The molecule has 0 radical (unpaired) electrons. The topological polar surface area (TPSA) is 110 Å². The first-order chi connectivity index (χ1) is 12.8. The fraction of sp³-hybridized carbons (Fsp3) is 0.111. The van der Waals surface area contributed by atoms with Crippen LogP contribution >= 0.6 is 0 Å². The number of primary sulfonamides is 1. The van der Waals surface area contributed by atoms with Gasteiger partial charge in [-0.25, -0.2) is 22.3 Å². The van der Waals surface area contributed by atoms with Crippen LogP contribution < -0.4 is 5.14 Å². The Morgan fingerprint density at radius 3 is 2.52 bits per heavy atom. The first-order valence-electron chi connectivity index (χ1n) is 7.64. The molecular weight excluding hydrogens is 376 g/mol. The van der Waals surface area contributed by atoms with Crippen LogP contribution in [0.25, 0.3) is 22.4 Å². The van der Waals surface area contributed by atoms with E-state index in [9.17, 15) is 22.5 Å². The van der Waals surface area contributed by atoms with Gasteiger partial charge in [-0.1, -0.05) is 23.4 Å². The van der Waals surface area contributed by atoms with Crippen LogP contribution in [0.5, 0.6) is 0 Å². The van der Waals surface area contributed by atoms with E-state index in [0.717, 1.165) is 17.7 Å². The second-order valence-corrected chi connectivity index (χ2v) is 7.32. The molecule has 0 atom stereocenters. The van der Waals surface area contributed by atoms with Gasteiger partial charge in [0.05, 0.1) is 17.2 Å². The van der Waals surface area contributed by atoms with Gasteiger partial charge in [0, 0.05) is 5.56 Å². The van der Waals surface area contributed by atoms with Crippen molar-refractivity contribution in [1.82, 2.24) is 5.16 Å². The fourth-order valence-corrected chi connectivity index (χ4v) is 3.28. The molecule has 2 aromatic carbocycles. The molecule has 0 fully saturated rings. The normalized spacial score (nSPS) is 11.4. The first kappa shape index (κ1) is 18.7. The van der Waals surface area contributed by atoms with Crippen LogP contribution in [0.15, 0.2) is 45.8 Å². The molecule has 0 spiro atoms. The number of hydrogen-bond donors (Lipinski definition) is 1. The molecule has 0 amide bonds. The number of hydrogen-bond acceptors (Lipinski definition) is 5. The maximum absolute atomic E-state index is 14.2. The Bertz CT molecular complexity index is 1180. The van der Waals surface area contributed by atoms with Crippen molar-refractivity contribution < 1.29 is 21.7 Å². The van der Waals surface area contributed by atoms with Crippen molar-refractivity contribution in [1.29, 1.82) is 5.26 Å². The van der Waals surface area contributed by atoms with Crippen molar-refractivity contribution in [3.63, 3.8) is 0 Å². The molecule has 27 heavy (non-hydrogen) atoms. The average molecular weight is 389 g/mol. The predicted molar refractivity (Wildman–Crippen MR) is 93.0 cm³/mol. The number of rotatable bonds is 4. The van der Waals surface area contributed by atoms with Crippen LogP contribution in [-0.4, -0.2) is 13.6 Å². The zero-order chi connectivity index (χ0) is 19.8. The number of halogens is 2. The molecule has 0 aliphatic carbocycles. The summed E-state index contributed by atoms with van der Waals surface area (Å²) in [5.74, 6) is -1.22. The lowest BCUT2D eigenvalue weighted by molar-refractivity contribution is 0.332. The van der Waals surface area contributed by atoms with E-state index in [1.165, 1.54) is 6.07 Å². The van der Waals surface area contributed by atoms with E-state index in [-0.39, 0.29) is 22.6 Å². The third-order valence-electron chi connectivity index (χ3n) is 4.04. The summed E-state index contributed by atoms with van der Waals surface area (Å²) in [5.41, 5.74) is 2.18. The number of sulfonamides is 1. The van der Waals surface area contributed by atoms with Gasteiger partial charge in [-0.15, -0.1) is 0 Å². The van der Waals surface area contributed by atoms with Gasteiger partial charge in [-0.2, -0.15) is 5.26 Å². The number of aromatic nitrogens is 1. The van der Waals surface area contributed by atoms with E-state index in [0.29, 0.717) is 11.1 Å². The number of nitriles is 1. The summed E-state index contributed by atoms with van der Waals surface area (Å²) in [6, 6.07) is 10.2. The van der Waals surface area contributed by atoms with Crippen LogP contribution in [0.1, 0.15) is 16.9 Å². The van der Waals surface area contributed by atoms with Crippen LogP contribution in [0.2, 0.25) is 0 Å². The molecule has 1 heterocycles. The van der Waals surface area contributed by atoms with Crippen molar-refractivity contribution in [3.8, 4) is 28.5 Å². The molecule has 0 aliphatic rings. The molecule has 3 rings (SSSR count). The number of alkyl halides is 1. The maximum Gasteiger partial charge on any atom is 0.240 e. The zero-order valence-corrected chi connectivity index (χ0v) is 14.8. The maximum atomic E-state index is 14.2. The minimum Gasteiger partial charge on any atom is -0.357 e. The summed E-state index contributed by atoms with van der Waals surface area (Å²) >= 11 is 0. The Labute approximate surface area is 153 Å². The third-order valence-corrected chi connectivity index (χ3v) is 4.99. The number of aryl methyl sites for hydroxylation is 1. The Kier molecular flexibility index (Phi) is 4.78. The van der Waals surface area contributed by atoms with Gasteiger partial charge in [0.15, 0.2) is 12.4 Å². The van der Waals surface area contributed by atoms with Gasteiger partial charge in [-0.3, -0.25) is 0 Å². The summed E-state index contributed by atoms with van der Waals surface area (Å²) in [7, 11) is -4.23. The molecule has 9 heteroatoms. The lowest BCUT2D eigenvalue weighted by atomic mass is 9.97. The third kappa shape index (κ3) is 3.45. The highest BCUT2D eigenvalue weighted by molar-refractivity contribution is 7.89. The largest absolute Gasteiger partial charge is 0.357 e. The molecule has 3 aromatic rings. The standard InChI is InChI=1S/C18H13F2N3O3S/c1-10-2-3-12(6-13(10)9-21)18-17(15(8-19)26-23-18)11-4-5-16(14(20)7-11)27(22,24)25/h2-7H,8H2,1H3,(H2,22,24,25). The SMILES string of the molecule is Cc1ccc(-c2noc(CF)c2-c2ccc(S(N)(=O)=O)c(F)c2)cc1C#N. The minimum atomic E-state index is -4.23. The monoisotopic (exact) mass is 389 g/mol. The molecule has 2 N–H and O–H groups in total. The van der Waals surface area contributed by atoms with E-state index in [2.05, 4.69) is 5.16 Å². The van der Waals surface area contributed by atoms with E-state index in [4.69, 9.17) is 9.66 Å². The van der Waals surface area contributed by atoms with E-state index >= 15 is 0 Å². The summed E-state index contributed by atoms with van der Waals surface area (Å²) in [6.45, 7) is 0.762. The molecule has 138 valence electrons. The Morgan fingerprint density at radius 1 is 1.22 bits per heavy atom. The van der Waals surface area contributed by atoms with Gasteiger partial charge < -0.3 is 4.52 Å². The fourth-order valence-electron chi connectivity index (χ4n) is 2.69. The second kappa shape index (κ2) is 6.90. The minimum absolute atomic E-state index is 0.146.